The van der Waals surface area contributed by atoms with Crippen molar-refractivity contribution in [2.75, 3.05) is 25.2 Å². The average Bonchev–Trinajstić information content (AvgIpc) is 2.41. The Bertz CT molecular complexity index is 480. The molecule has 102 valence electrons. The quantitative estimate of drug-likeness (QED) is 0.750. The Kier molecular flexibility index (Phi) is 6.61. The predicted octanol–water partition coefficient (Wildman–Crippen LogP) is 0.822. The number of ether oxygens (including phenoxy) is 1. The molecular formula is C13H16N2O3S. The van der Waals surface area contributed by atoms with E-state index in [1.807, 2.05) is 6.07 Å². The maximum atomic E-state index is 11.4. The summed E-state index contributed by atoms with van der Waals surface area (Å²) in [6.45, 7) is 0.427. The third kappa shape index (κ3) is 6.58. The van der Waals surface area contributed by atoms with E-state index < -0.39 is 10.8 Å². The first kappa shape index (κ1) is 15.2. The topological polar surface area (TPSA) is 79.2 Å². The summed E-state index contributed by atoms with van der Waals surface area (Å²) < 4.78 is 16.1. The Labute approximate surface area is 115 Å². The van der Waals surface area contributed by atoms with Crippen molar-refractivity contribution in [3.63, 3.8) is 0 Å². The molecule has 1 amide bonds. The summed E-state index contributed by atoms with van der Waals surface area (Å²) >= 11 is 0. The van der Waals surface area contributed by atoms with E-state index in [1.54, 1.807) is 30.5 Å². The Morgan fingerprint density at radius 1 is 1.42 bits per heavy atom. The number of rotatable bonds is 7. The lowest BCUT2D eigenvalue weighted by Crippen LogP contribution is -2.30. The third-order valence-corrected chi connectivity index (χ3v) is 3.15. The van der Waals surface area contributed by atoms with Crippen molar-refractivity contribution in [3.8, 4) is 11.8 Å². The van der Waals surface area contributed by atoms with E-state index in [2.05, 4.69) is 5.32 Å². The molecule has 1 aromatic rings. The second-order valence-electron chi connectivity index (χ2n) is 3.91. The van der Waals surface area contributed by atoms with Gasteiger partial charge in [-0.25, -0.2) is 0 Å². The number of carbonyl (C=O) groups is 1. The second-order valence-corrected chi connectivity index (χ2v) is 5.46. The van der Waals surface area contributed by atoms with E-state index in [-0.39, 0.29) is 12.5 Å². The van der Waals surface area contributed by atoms with Crippen LogP contribution < -0.4 is 10.1 Å². The van der Waals surface area contributed by atoms with E-state index in [0.717, 1.165) is 0 Å². The standard InChI is InChI=1S/C13H16N2O3S/c1-19(17)8-2-7-15-13(16)10-18-12-5-3-11(9-14)4-6-12/h3-6H,2,7-8,10H2,1H3,(H,15,16). The SMILES string of the molecule is CS(=O)CCCNC(=O)COc1ccc(C#N)cc1. The van der Waals surface area contributed by atoms with E-state index in [1.165, 1.54) is 0 Å². The van der Waals surface area contributed by atoms with Crippen LogP contribution in [0.15, 0.2) is 24.3 Å². The fraction of sp³-hybridized carbons (Fsp3) is 0.385. The van der Waals surface area contributed by atoms with Crippen molar-refractivity contribution < 1.29 is 13.7 Å². The molecule has 0 bridgehead atoms. The lowest BCUT2D eigenvalue weighted by molar-refractivity contribution is -0.123. The van der Waals surface area contributed by atoms with Gasteiger partial charge in [-0.1, -0.05) is 0 Å². The third-order valence-electron chi connectivity index (χ3n) is 2.28. The van der Waals surface area contributed by atoms with Crippen molar-refractivity contribution in [1.29, 1.82) is 5.26 Å². The fourth-order valence-corrected chi connectivity index (χ4v) is 1.88. The molecule has 0 aromatic heterocycles. The molecule has 0 aliphatic heterocycles. The van der Waals surface area contributed by atoms with Gasteiger partial charge in [0.25, 0.3) is 5.91 Å². The summed E-state index contributed by atoms with van der Waals surface area (Å²) in [7, 11) is -0.826. The first-order valence-corrected chi connectivity index (χ1v) is 7.54. The van der Waals surface area contributed by atoms with E-state index >= 15 is 0 Å². The van der Waals surface area contributed by atoms with Gasteiger partial charge in [0, 0.05) is 29.4 Å². The lowest BCUT2D eigenvalue weighted by atomic mass is 10.2. The van der Waals surface area contributed by atoms with Crippen LogP contribution in [0.5, 0.6) is 5.75 Å². The Balaban J connectivity index is 2.22. The van der Waals surface area contributed by atoms with Gasteiger partial charge < -0.3 is 10.1 Å². The number of nitrogens with one attached hydrogen (secondary N) is 1. The van der Waals surface area contributed by atoms with Crippen molar-refractivity contribution in [1.82, 2.24) is 5.32 Å². The van der Waals surface area contributed by atoms with Crippen LogP contribution in [-0.2, 0) is 15.6 Å². The van der Waals surface area contributed by atoms with E-state index in [0.29, 0.717) is 30.0 Å². The monoisotopic (exact) mass is 280 g/mol. The molecule has 0 heterocycles. The smallest absolute Gasteiger partial charge is 0.257 e. The van der Waals surface area contributed by atoms with Gasteiger partial charge in [-0.05, 0) is 30.7 Å². The van der Waals surface area contributed by atoms with Crippen LogP contribution >= 0.6 is 0 Å². The number of nitriles is 1. The maximum absolute atomic E-state index is 11.4. The van der Waals surface area contributed by atoms with Crippen LogP contribution in [0, 0.1) is 11.3 Å². The molecule has 0 fully saturated rings. The molecule has 19 heavy (non-hydrogen) atoms. The minimum atomic E-state index is -0.826. The highest BCUT2D eigenvalue weighted by atomic mass is 32.2. The van der Waals surface area contributed by atoms with E-state index in [4.69, 9.17) is 10.00 Å². The summed E-state index contributed by atoms with van der Waals surface area (Å²) in [4.78, 5) is 11.4. The normalized spacial score (nSPS) is 11.4. The molecule has 1 atom stereocenters. The molecule has 0 aliphatic rings. The molecule has 6 heteroatoms. The van der Waals surface area contributed by atoms with Crippen molar-refractivity contribution in [2.24, 2.45) is 0 Å². The van der Waals surface area contributed by atoms with Crippen LogP contribution in [0.25, 0.3) is 0 Å². The molecule has 1 aromatic carbocycles. The van der Waals surface area contributed by atoms with E-state index in [9.17, 15) is 9.00 Å². The van der Waals surface area contributed by atoms with Gasteiger partial charge in [0.1, 0.15) is 5.75 Å². The minimum absolute atomic E-state index is 0.0683. The van der Waals surface area contributed by atoms with Gasteiger partial charge in [-0.15, -0.1) is 0 Å². The van der Waals surface area contributed by atoms with Crippen molar-refractivity contribution in [3.05, 3.63) is 29.8 Å². The molecule has 0 spiro atoms. The summed E-state index contributed by atoms with van der Waals surface area (Å²) in [5.41, 5.74) is 0.546. The fourth-order valence-electron chi connectivity index (χ4n) is 1.33. The second kappa shape index (κ2) is 8.27. The summed E-state index contributed by atoms with van der Waals surface area (Å²) in [5.74, 6) is 0.909. The van der Waals surface area contributed by atoms with Crippen LogP contribution in [0.2, 0.25) is 0 Å². The molecule has 1 N–H and O–H groups in total. The first-order valence-electron chi connectivity index (χ1n) is 5.81. The van der Waals surface area contributed by atoms with Gasteiger partial charge in [-0.3, -0.25) is 9.00 Å². The Morgan fingerprint density at radius 3 is 2.68 bits per heavy atom. The predicted molar refractivity (Wildman–Crippen MR) is 73.2 cm³/mol. The van der Waals surface area contributed by atoms with Crippen LogP contribution in [0.3, 0.4) is 0 Å². The maximum Gasteiger partial charge on any atom is 0.257 e. The number of carbonyl (C=O) groups excluding carboxylic acids is 1. The molecule has 1 rings (SSSR count). The van der Waals surface area contributed by atoms with Crippen molar-refractivity contribution >= 4 is 16.7 Å². The van der Waals surface area contributed by atoms with Gasteiger partial charge in [0.15, 0.2) is 6.61 Å². The molecule has 0 radical (unpaired) electrons. The Morgan fingerprint density at radius 2 is 2.11 bits per heavy atom. The van der Waals surface area contributed by atoms with Gasteiger partial charge >= 0.3 is 0 Å². The number of nitrogens with zero attached hydrogens (tertiary/aromatic N) is 1. The van der Waals surface area contributed by atoms with Gasteiger partial charge in [0.2, 0.25) is 0 Å². The number of benzene rings is 1. The number of amides is 1. The van der Waals surface area contributed by atoms with Gasteiger partial charge in [-0.2, -0.15) is 5.26 Å². The number of hydrogen-bond donors (Lipinski definition) is 1. The number of hydrogen-bond acceptors (Lipinski definition) is 4. The molecule has 0 saturated heterocycles. The highest BCUT2D eigenvalue weighted by Crippen LogP contribution is 2.10. The van der Waals surface area contributed by atoms with Crippen molar-refractivity contribution in [2.45, 2.75) is 6.42 Å². The molecular weight excluding hydrogens is 264 g/mol. The zero-order chi connectivity index (χ0) is 14.1. The highest BCUT2D eigenvalue weighted by Gasteiger charge is 2.02. The highest BCUT2D eigenvalue weighted by molar-refractivity contribution is 7.84. The molecule has 5 nitrogen and oxygen atoms in total. The lowest BCUT2D eigenvalue weighted by Gasteiger charge is -2.07. The summed E-state index contributed by atoms with van der Waals surface area (Å²) in [6, 6.07) is 8.55. The Hall–Kier alpha value is -1.87. The van der Waals surface area contributed by atoms with Crippen LogP contribution in [0.4, 0.5) is 0 Å². The van der Waals surface area contributed by atoms with Crippen LogP contribution in [0.1, 0.15) is 12.0 Å². The largest absolute Gasteiger partial charge is 0.484 e. The first-order chi connectivity index (χ1) is 9.11. The summed E-state index contributed by atoms with van der Waals surface area (Å²) in [6.07, 6.45) is 2.32. The molecule has 1 unspecified atom stereocenters. The van der Waals surface area contributed by atoms with Gasteiger partial charge in [0.05, 0.1) is 11.6 Å². The zero-order valence-corrected chi connectivity index (χ0v) is 11.5. The molecule has 0 saturated carbocycles. The average molecular weight is 280 g/mol. The summed E-state index contributed by atoms with van der Waals surface area (Å²) in [5, 5.41) is 11.3. The van der Waals surface area contributed by atoms with Crippen LogP contribution in [-0.4, -0.2) is 35.3 Å². The minimum Gasteiger partial charge on any atom is -0.484 e. The zero-order valence-electron chi connectivity index (χ0n) is 10.7. The molecule has 0 aliphatic carbocycles.